The molecule has 1 rings (SSSR count). The van der Waals surface area contributed by atoms with E-state index in [4.69, 9.17) is 17.3 Å². The maximum atomic E-state index is 11.9. The van der Waals surface area contributed by atoms with Crippen molar-refractivity contribution >= 4 is 24.0 Å². The van der Waals surface area contributed by atoms with Gasteiger partial charge in [0, 0.05) is 18.4 Å². The van der Waals surface area contributed by atoms with E-state index >= 15 is 0 Å². The lowest BCUT2D eigenvalue weighted by molar-refractivity contribution is 0.442. The monoisotopic (exact) mass is 224 g/mol. The molecule has 0 fully saturated rings. The van der Waals surface area contributed by atoms with E-state index in [1.54, 1.807) is 12.3 Å². The molecular formula is C8H11Cl2FN2. The summed E-state index contributed by atoms with van der Waals surface area (Å²) in [6, 6.07) is 1.38. The summed E-state index contributed by atoms with van der Waals surface area (Å²) in [5, 5.41) is 0.499. The number of alkyl halides is 1. The van der Waals surface area contributed by atoms with Crippen molar-refractivity contribution in [3.63, 3.8) is 0 Å². The summed E-state index contributed by atoms with van der Waals surface area (Å²) in [6.07, 6.45) is 3.40. The summed E-state index contributed by atoms with van der Waals surface area (Å²) >= 11 is 5.79. The molecule has 0 aliphatic rings. The number of nitrogens with two attached hydrogens (primary N) is 1. The lowest BCUT2D eigenvalue weighted by Crippen LogP contribution is -2.11. The fraction of sp³-hybridized carbons (Fsp3) is 0.375. The lowest BCUT2D eigenvalue weighted by atomic mass is 10.1. The van der Waals surface area contributed by atoms with Gasteiger partial charge in [-0.25, -0.2) is 0 Å². The zero-order chi connectivity index (χ0) is 8.97. The molecule has 0 spiro atoms. The molecular weight excluding hydrogens is 214 g/mol. The molecule has 0 radical (unpaired) electrons. The van der Waals surface area contributed by atoms with Crippen molar-refractivity contribution < 1.29 is 4.39 Å². The Bertz CT molecular complexity index is 258. The predicted molar refractivity (Wildman–Crippen MR) is 54.0 cm³/mol. The van der Waals surface area contributed by atoms with E-state index in [2.05, 4.69) is 4.98 Å². The van der Waals surface area contributed by atoms with Crippen LogP contribution in [0.1, 0.15) is 18.0 Å². The smallest absolute Gasteiger partial charge is 0.0912 e. The summed E-state index contributed by atoms with van der Waals surface area (Å²) in [5.74, 6) is 0. The van der Waals surface area contributed by atoms with Crippen LogP contribution in [0.2, 0.25) is 5.02 Å². The zero-order valence-electron chi connectivity index (χ0n) is 6.91. The summed E-state index contributed by atoms with van der Waals surface area (Å²) in [6.45, 7) is -0.431. The molecule has 0 amide bonds. The third-order valence-corrected chi connectivity index (χ3v) is 1.94. The molecule has 1 heterocycles. The minimum atomic E-state index is -0.431. The molecule has 5 heteroatoms. The fourth-order valence-electron chi connectivity index (χ4n) is 0.960. The Kier molecular flexibility index (Phi) is 5.95. The number of halogens is 3. The van der Waals surface area contributed by atoms with Gasteiger partial charge >= 0.3 is 0 Å². The van der Waals surface area contributed by atoms with Gasteiger partial charge in [-0.05, 0) is 18.1 Å². The first-order valence-corrected chi connectivity index (χ1v) is 4.04. The number of nitrogens with zero attached hydrogens (tertiary/aromatic N) is 1. The van der Waals surface area contributed by atoms with Crippen LogP contribution in [0.15, 0.2) is 18.5 Å². The van der Waals surface area contributed by atoms with Crippen LogP contribution in [0.4, 0.5) is 4.39 Å². The van der Waals surface area contributed by atoms with Crippen LogP contribution in [0.3, 0.4) is 0 Å². The first-order valence-electron chi connectivity index (χ1n) is 3.66. The van der Waals surface area contributed by atoms with Crippen molar-refractivity contribution in [2.45, 2.75) is 12.5 Å². The summed E-state index contributed by atoms with van der Waals surface area (Å²) in [5.41, 5.74) is 6.41. The van der Waals surface area contributed by atoms with Gasteiger partial charge in [-0.3, -0.25) is 9.37 Å². The first-order chi connectivity index (χ1) is 5.75. The number of rotatable bonds is 3. The number of pyridine rings is 1. The fourth-order valence-corrected chi connectivity index (χ4v) is 1.22. The van der Waals surface area contributed by atoms with Crippen LogP contribution in [0, 0.1) is 0 Å². The molecule has 0 bridgehead atoms. The van der Waals surface area contributed by atoms with Gasteiger partial charge in [0.05, 0.1) is 11.7 Å². The van der Waals surface area contributed by atoms with Gasteiger partial charge in [-0.15, -0.1) is 12.4 Å². The van der Waals surface area contributed by atoms with Crippen molar-refractivity contribution in [1.29, 1.82) is 0 Å². The highest BCUT2D eigenvalue weighted by molar-refractivity contribution is 6.31. The predicted octanol–water partition coefficient (Wildman–Crippen LogP) is 2.52. The Morgan fingerprint density at radius 2 is 2.31 bits per heavy atom. The second-order valence-corrected chi connectivity index (χ2v) is 2.89. The topological polar surface area (TPSA) is 38.9 Å². The van der Waals surface area contributed by atoms with Gasteiger partial charge in [0.25, 0.3) is 0 Å². The van der Waals surface area contributed by atoms with E-state index in [9.17, 15) is 4.39 Å². The minimum Gasteiger partial charge on any atom is -0.324 e. The van der Waals surface area contributed by atoms with Crippen LogP contribution < -0.4 is 5.73 Å². The van der Waals surface area contributed by atoms with Gasteiger partial charge in [-0.2, -0.15) is 0 Å². The van der Waals surface area contributed by atoms with E-state index < -0.39 is 6.67 Å². The van der Waals surface area contributed by atoms with Crippen molar-refractivity contribution in [2.24, 2.45) is 5.73 Å². The highest BCUT2D eigenvalue weighted by Gasteiger charge is 2.08. The van der Waals surface area contributed by atoms with Crippen molar-refractivity contribution in [2.75, 3.05) is 6.67 Å². The summed E-state index contributed by atoms with van der Waals surface area (Å²) in [7, 11) is 0. The second-order valence-electron chi connectivity index (χ2n) is 2.48. The molecule has 2 N–H and O–H groups in total. The molecule has 1 aromatic heterocycles. The van der Waals surface area contributed by atoms with E-state index in [1.807, 2.05) is 0 Å². The Hall–Kier alpha value is -0.380. The second kappa shape index (κ2) is 6.13. The van der Waals surface area contributed by atoms with Crippen molar-refractivity contribution in [3.05, 3.63) is 29.0 Å². The Morgan fingerprint density at radius 1 is 1.62 bits per heavy atom. The van der Waals surface area contributed by atoms with Gasteiger partial charge < -0.3 is 5.73 Å². The summed E-state index contributed by atoms with van der Waals surface area (Å²) < 4.78 is 11.9. The molecule has 0 aromatic carbocycles. The molecule has 2 nitrogen and oxygen atoms in total. The first kappa shape index (κ1) is 12.6. The molecule has 1 atom stereocenters. The average molecular weight is 225 g/mol. The Labute approximate surface area is 87.7 Å². The maximum absolute atomic E-state index is 11.9. The molecule has 1 aromatic rings. The van der Waals surface area contributed by atoms with E-state index in [0.29, 0.717) is 11.4 Å². The van der Waals surface area contributed by atoms with Crippen LogP contribution in [0.25, 0.3) is 0 Å². The van der Waals surface area contributed by atoms with E-state index in [0.717, 1.165) is 5.56 Å². The van der Waals surface area contributed by atoms with E-state index in [-0.39, 0.29) is 18.4 Å². The highest BCUT2D eigenvalue weighted by Crippen LogP contribution is 2.21. The standard InChI is InChI=1S/C8H10ClFN2.ClH/c9-7-5-12-4-2-6(7)8(11)1-3-10;/h2,4-5,8H,1,3,11H2;1H/t8-;/m1./s1. The van der Waals surface area contributed by atoms with Crippen LogP contribution in [0.5, 0.6) is 0 Å². The van der Waals surface area contributed by atoms with Crippen molar-refractivity contribution in [1.82, 2.24) is 4.98 Å². The SMILES string of the molecule is Cl.N[C@H](CCF)c1ccncc1Cl. The highest BCUT2D eigenvalue weighted by atomic mass is 35.5. The molecule has 13 heavy (non-hydrogen) atoms. The minimum absolute atomic E-state index is 0. The quantitative estimate of drug-likeness (QED) is 0.858. The molecule has 0 aliphatic heterocycles. The van der Waals surface area contributed by atoms with E-state index in [1.165, 1.54) is 6.20 Å². The Balaban J connectivity index is 0.00000144. The lowest BCUT2D eigenvalue weighted by Gasteiger charge is -2.10. The Morgan fingerprint density at radius 3 is 2.85 bits per heavy atom. The number of hydrogen-bond donors (Lipinski definition) is 1. The molecule has 0 saturated carbocycles. The average Bonchev–Trinajstić information content (AvgIpc) is 2.05. The van der Waals surface area contributed by atoms with Crippen molar-refractivity contribution in [3.8, 4) is 0 Å². The van der Waals surface area contributed by atoms with Gasteiger partial charge in [0.2, 0.25) is 0 Å². The maximum Gasteiger partial charge on any atom is 0.0912 e. The molecule has 74 valence electrons. The number of aromatic nitrogens is 1. The van der Waals surface area contributed by atoms with Gasteiger partial charge in [0.15, 0.2) is 0 Å². The molecule has 0 unspecified atom stereocenters. The zero-order valence-corrected chi connectivity index (χ0v) is 8.48. The van der Waals surface area contributed by atoms with Gasteiger partial charge in [-0.1, -0.05) is 11.6 Å². The van der Waals surface area contributed by atoms with Crippen LogP contribution >= 0.6 is 24.0 Å². The van der Waals surface area contributed by atoms with Crippen LogP contribution in [-0.4, -0.2) is 11.7 Å². The third-order valence-electron chi connectivity index (χ3n) is 1.62. The summed E-state index contributed by atoms with van der Waals surface area (Å²) in [4.78, 5) is 3.81. The number of hydrogen-bond acceptors (Lipinski definition) is 2. The molecule has 0 saturated heterocycles. The van der Waals surface area contributed by atoms with Gasteiger partial charge in [0.1, 0.15) is 0 Å². The molecule has 0 aliphatic carbocycles. The van der Waals surface area contributed by atoms with Crippen LogP contribution in [-0.2, 0) is 0 Å². The third kappa shape index (κ3) is 3.46. The normalized spacial score (nSPS) is 11.9. The largest absolute Gasteiger partial charge is 0.324 e.